The lowest BCUT2D eigenvalue weighted by atomic mass is 10.0. The van der Waals surface area contributed by atoms with E-state index in [0.29, 0.717) is 0 Å². The van der Waals surface area contributed by atoms with Gasteiger partial charge in [0.2, 0.25) is 0 Å². The van der Waals surface area contributed by atoms with Crippen LogP contribution in [0.2, 0.25) is 0 Å². The van der Waals surface area contributed by atoms with E-state index in [2.05, 4.69) is 47.1 Å². The molecule has 1 N–H and O–H groups in total. The smallest absolute Gasteiger partial charge is 0.0682 e. The minimum atomic E-state index is 0.114. The third kappa shape index (κ3) is 2.09. The lowest BCUT2D eigenvalue weighted by molar-refractivity contribution is 0.281. The summed E-state index contributed by atoms with van der Waals surface area (Å²) in [6.07, 6.45) is 0. The fourth-order valence-electron chi connectivity index (χ4n) is 3.54. The number of nitrogens with zero attached hydrogens (tertiary/aromatic N) is 2. The maximum absolute atomic E-state index is 9.37. The van der Waals surface area contributed by atoms with Crippen LogP contribution in [-0.4, -0.2) is 18.2 Å². The number of benzene rings is 2. The number of fused-ring (bicyclic) bond motifs is 7. The Morgan fingerprint density at radius 2 is 1.52 bits per heavy atom. The van der Waals surface area contributed by atoms with E-state index in [1.54, 1.807) is 0 Å². The fraction of sp³-hybridized carbons (Fsp3) is 0.333. The first-order chi connectivity index (χ1) is 10.2. The number of hydrogen-bond donors (Lipinski definition) is 1. The van der Waals surface area contributed by atoms with E-state index < -0.39 is 0 Å². The molecule has 0 aliphatic carbocycles. The first kappa shape index (κ1) is 12.7. The zero-order valence-electron chi connectivity index (χ0n) is 12.3. The highest BCUT2D eigenvalue weighted by atomic mass is 16.3. The maximum atomic E-state index is 9.37. The van der Waals surface area contributed by atoms with Gasteiger partial charge in [0.1, 0.15) is 0 Å². The number of aryl methyl sites for hydroxylation is 1. The third-order valence-electron chi connectivity index (χ3n) is 4.61. The molecule has 3 heteroatoms. The van der Waals surface area contributed by atoms with Crippen molar-refractivity contribution in [1.29, 1.82) is 0 Å². The molecule has 3 nitrogen and oxygen atoms in total. The Kier molecular flexibility index (Phi) is 2.89. The van der Waals surface area contributed by atoms with Crippen LogP contribution in [0.5, 0.6) is 0 Å². The van der Waals surface area contributed by atoms with Gasteiger partial charge in [-0.2, -0.15) is 0 Å². The summed E-state index contributed by atoms with van der Waals surface area (Å²) in [6.45, 7) is 6.28. The molecule has 0 amide bonds. The fourth-order valence-corrected chi connectivity index (χ4v) is 3.54. The van der Waals surface area contributed by atoms with Crippen molar-refractivity contribution in [2.75, 3.05) is 22.9 Å². The van der Waals surface area contributed by atoms with Gasteiger partial charge < -0.3 is 14.9 Å². The van der Waals surface area contributed by atoms with Crippen LogP contribution in [0.1, 0.15) is 22.3 Å². The predicted molar refractivity (Wildman–Crippen MR) is 85.6 cm³/mol. The van der Waals surface area contributed by atoms with Crippen LogP contribution in [-0.2, 0) is 19.7 Å². The van der Waals surface area contributed by atoms with Gasteiger partial charge in [0.25, 0.3) is 0 Å². The van der Waals surface area contributed by atoms with E-state index >= 15 is 0 Å². The number of hydrogen-bond acceptors (Lipinski definition) is 3. The average Bonchev–Trinajstić information content (AvgIpc) is 2.76. The number of anilines is 2. The normalized spacial score (nSPS) is 16.3. The van der Waals surface area contributed by atoms with E-state index in [0.717, 1.165) is 31.7 Å². The molecule has 2 aliphatic rings. The molecule has 4 rings (SSSR count). The molecule has 0 saturated carbocycles. The Balaban J connectivity index is 1.84. The van der Waals surface area contributed by atoms with Crippen molar-refractivity contribution in [2.45, 2.75) is 26.6 Å². The SMILES string of the molecule is Cc1ccc2c(c1)CN1CCN2Cc2cc(CO)ccc21. The summed E-state index contributed by atoms with van der Waals surface area (Å²) in [5.41, 5.74) is 7.76. The molecule has 0 unspecified atom stereocenters. The van der Waals surface area contributed by atoms with Crippen molar-refractivity contribution >= 4 is 11.4 Å². The molecule has 0 spiro atoms. The predicted octanol–water partition coefficient (Wildman–Crippen LogP) is 2.83. The van der Waals surface area contributed by atoms with Crippen molar-refractivity contribution in [3.05, 3.63) is 58.7 Å². The third-order valence-corrected chi connectivity index (χ3v) is 4.61. The minimum absolute atomic E-state index is 0.114. The topological polar surface area (TPSA) is 26.7 Å². The average molecular weight is 280 g/mol. The van der Waals surface area contributed by atoms with Gasteiger partial charge in [-0.15, -0.1) is 0 Å². The van der Waals surface area contributed by atoms with Gasteiger partial charge in [0.15, 0.2) is 0 Å². The molecule has 2 aliphatic heterocycles. The summed E-state index contributed by atoms with van der Waals surface area (Å²) in [4.78, 5) is 4.95. The molecular formula is C18H20N2O. The Hall–Kier alpha value is -2.00. The van der Waals surface area contributed by atoms with Crippen molar-refractivity contribution in [2.24, 2.45) is 0 Å². The molecule has 0 radical (unpaired) electrons. The molecule has 21 heavy (non-hydrogen) atoms. The van der Waals surface area contributed by atoms with Crippen molar-refractivity contribution in [3.8, 4) is 0 Å². The van der Waals surface area contributed by atoms with Crippen LogP contribution in [0, 0.1) is 6.92 Å². The second-order valence-electron chi connectivity index (χ2n) is 6.10. The van der Waals surface area contributed by atoms with Crippen LogP contribution in [0.4, 0.5) is 11.4 Å². The molecule has 0 fully saturated rings. The minimum Gasteiger partial charge on any atom is -0.392 e. The van der Waals surface area contributed by atoms with E-state index in [-0.39, 0.29) is 6.61 Å². The maximum Gasteiger partial charge on any atom is 0.0682 e. The van der Waals surface area contributed by atoms with Gasteiger partial charge in [-0.1, -0.05) is 23.8 Å². The van der Waals surface area contributed by atoms with Crippen molar-refractivity contribution in [3.63, 3.8) is 0 Å². The summed E-state index contributed by atoms with van der Waals surface area (Å²) in [5, 5.41) is 9.37. The second kappa shape index (κ2) is 4.78. The van der Waals surface area contributed by atoms with Gasteiger partial charge in [-0.3, -0.25) is 0 Å². The van der Waals surface area contributed by atoms with E-state index in [1.807, 2.05) is 6.07 Å². The number of rotatable bonds is 1. The van der Waals surface area contributed by atoms with Crippen molar-refractivity contribution < 1.29 is 5.11 Å². The highest BCUT2D eigenvalue weighted by Crippen LogP contribution is 2.36. The molecule has 0 atom stereocenters. The summed E-state index contributed by atoms with van der Waals surface area (Å²) >= 11 is 0. The highest BCUT2D eigenvalue weighted by Gasteiger charge is 2.26. The number of aliphatic hydroxyl groups is 1. The summed E-state index contributed by atoms with van der Waals surface area (Å²) in [5.74, 6) is 0. The molecule has 2 heterocycles. The Labute approximate surface area is 125 Å². The summed E-state index contributed by atoms with van der Waals surface area (Å²) < 4.78 is 0. The largest absolute Gasteiger partial charge is 0.392 e. The zero-order chi connectivity index (χ0) is 14.4. The Morgan fingerprint density at radius 3 is 2.19 bits per heavy atom. The van der Waals surface area contributed by atoms with Gasteiger partial charge in [-0.25, -0.2) is 0 Å². The lowest BCUT2D eigenvalue weighted by Crippen LogP contribution is -2.26. The molecule has 108 valence electrons. The van der Waals surface area contributed by atoms with Crippen LogP contribution in [0.25, 0.3) is 0 Å². The summed E-state index contributed by atoms with van der Waals surface area (Å²) in [6, 6.07) is 13.1. The van der Waals surface area contributed by atoms with Gasteiger partial charge >= 0.3 is 0 Å². The van der Waals surface area contributed by atoms with Crippen LogP contribution < -0.4 is 9.80 Å². The monoisotopic (exact) mass is 280 g/mol. The molecule has 0 saturated heterocycles. The van der Waals surface area contributed by atoms with Gasteiger partial charge in [0, 0.05) is 37.6 Å². The lowest BCUT2D eigenvalue weighted by Gasteiger charge is -2.28. The molecule has 0 aromatic heterocycles. The second-order valence-corrected chi connectivity index (χ2v) is 6.10. The van der Waals surface area contributed by atoms with Crippen LogP contribution in [0.3, 0.4) is 0 Å². The van der Waals surface area contributed by atoms with E-state index in [1.165, 1.54) is 28.1 Å². The van der Waals surface area contributed by atoms with Crippen LogP contribution >= 0.6 is 0 Å². The quantitative estimate of drug-likeness (QED) is 0.870. The van der Waals surface area contributed by atoms with Gasteiger partial charge in [0.05, 0.1) is 6.61 Å². The molecule has 2 bridgehead atoms. The first-order valence-corrected chi connectivity index (χ1v) is 7.57. The van der Waals surface area contributed by atoms with Crippen molar-refractivity contribution in [1.82, 2.24) is 0 Å². The molecule has 2 aromatic carbocycles. The van der Waals surface area contributed by atoms with Gasteiger partial charge in [-0.05, 0) is 41.8 Å². The zero-order valence-corrected chi connectivity index (χ0v) is 12.3. The van der Waals surface area contributed by atoms with Crippen LogP contribution in [0.15, 0.2) is 36.4 Å². The first-order valence-electron chi connectivity index (χ1n) is 7.57. The summed E-state index contributed by atoms with van der Waals surface area (Å²) in [7, 11) is 0. The van der Waals surface area contributed by atoms with E-state index in [4.69, 9.17) is 0 Å². The Bertz CT molecular complexity index is 696. The number of aliphatic hydroxyl groups excluding tert-OH is 1. The standard InChI is InChI=1S/C18H20N2O/c1-13-2-4-17-15(8-13)10-19-6-7-20(17)11-16-9-14(12-21)3-5-18(16)19/h2-5,8-9,21H,6-7,10-12H2,1H3. The molecule has 2 aromatic rings. The Morgan fingerprint density at radius 1 is 0.905 bits per heavy atom. The highest BCUT2D eigenvalue weighted by molar-refractivity contribution is 5.65. The molecular weight excluding hydrogens is 260 g/mol. The van der Waals surface area contributed by atoms with E-state index in [9.17, 15) is 5.11 Å².